The van der Waals surface area contributed by atoms with Crippen molar-refractivity contribution in [2.45, 2.75) is 71.9 Å². The number of carbonyl (C=O) groups is 2. The first-order chi connectivity index (χ1) is 16.4. The number of rotatable bonds is 6. The van der Waals surface area contributed by atoms with Crippen molar-refractivity contribution in [2.24, 2.45) is 16.8 Å². The fraction of sp³-hybridized carbons (Fsp3) is 0.519. The number of aliphatic imine (C=N–C) groups is 1. The molecule has 2 saturated carbocycles. The number of nitrogens with one attached hydrogen (secondary N) is 1. The van der Waals surface area contributed by atoms with Crippen LogP contribution in [0.15, 0.2) is 45.6 Å². The lowest BCUT2D eigenvalue weighted by Crippen LogP contribution is -2.41. The maximum Gasteiger partial charge on any atom is 0.338 e. The smallest absolute Gasteiger partial charge is 0.338 e. The van der Waals surface area contributed by atoms with Gasteiger partial charge < -0.3 is 15.0 Å². The van der Waals surface area contributed by atoms with Crippen molar-refractivity contribution in [1.82, 2.24) is 10.2 Å². The molecule has 34 heavy (non-hydrogen) atoms. The highest BCUT2D eigenvalue weighted by atomic mass is 32.2. The minimum Gasteiger partial charge on any atom is -0.463 e. The number of fused-ring (bicyclic) bond motifs is 3. The Kier molecular flexibility index (Phi) is 6.32. The van der Waals surface area contributed by atoms with E-state index in [0.717, 1.165) is 34.3 Å². The van der Waals surface area contributed by atoms with Gasteiger partial charge in [-0.25, -0.2) is 9.79 Å². The van der Waals surface area contributed by atoms with Crippen molar-refractivity contribution in [2.75, 3.05) is 6.61 Å². The molecule has 6 nitrogen and oxygen atoms in total. The Balaban J connectivity index is 1.44. The van der Waals surface area contributed by atoms with E-state index < -0.39 is 0 Å². The second-order valence-electron chi connectivity index (χ2n) is 10.00. The third-order valence-electron chi connectivity index (χ3n) is 7.64. The lowest BCUT2D eigenvalue weighted by Gasteiger charge is -2.37. The van der Waals surface area contributed by atoms with Crippen LogP contribution in [0.4, 0.5) is 0 Å². The van der Waals surface area contributed by atoms with Crippen LogP contribution in [0.1, 0.15) is 68.7 Å². The number of esters is 1. The number of aryl methyl sites for hydroxylation is 2. The molecule has 5 rings (SSSR count). The molecule has 1 N–H and O–H groups in total. The highest BCUT2D eigenvalue weighted by Gasteiger charge is 2.43. The maximum atomic E-state index is 13.1. The largest absolute Gasteiger partial charge is 0.463 e. The number of carbonyl (C=O) groups excluding carboxylic acids is 2. The molecule has 4 atom stereocenters. The molecule has 7 heteroatoms. The molecular formula is C27H33N3O3S. The van der Waals surface area contributed by atoms with Crippen molar-refractivity contribution in [3.05, 3.63) is 57.3 Å². The highest BCUT2D eigenvalue weighted by molar-refractivity contribution is 8.16. The van der Waals surface area contributed by atoms with Gasteiger partial charge in [0.2, 0.25) is 5.91 Å². The molecule has 2 aliphatic carbocycles. The van der Waals surface area contributed by atoms with E-state index in [0.29, 0.717) is 29.8 Å². The van der Waals surface area contributed by atoms with Crippen LogP contribution in [-0.2, 0) is 14.3 Å². The average molecular weight is 480 g/mol. The van der Waals surface area contributed by atoms with Crippen LogP contribution in [-0.4, -0.2) is 34.6 Å². The minimum absolute atomic E-state index is 0.0500. The fourth-order valence-corrected chi connectivity index (χ4v) is 7.07. The minimum atomic E-state index is -0.372. The van der Waals surface area contributed by atoms with Crippen LogP contribution in [0, 0.1) is 25.7 Å². The molecule has 1 aromatic carbocycles. The number of benzene rings is 1. The van der Waals surface area contributed by atoms with E-state index in [9.17, 15) is 9.59 Å². The zero-order valence-corrected chi connectivity index (χ0v) is 21.2. The molecular weight excluding hydrogens is 446 g/mol. The van der Waals surface area contributed by atoms with Crippen LogP contribution in [0.3, 0.4) is 0 Å². The maximum absolute atomic E-state index is 13.1. The molecule has 0 spiro atoms. The first-order valence-corrected chi connectivity index (χ1v) is 13.2. The van der Waals surface area contributed by atoms with Crippen LogP contribution in [0.25, 0.3) is 0 Å². The molecule has 2 fully saturated rings. The van der Waals surface area contributed by atoms with Crippen LogP contribution in [0.5, 0.6) is 0 Å². The van der Waals surface area contributed by atoms with E-state index in [1.54, 1.807) is 0 Å². The third-order valence-corrected chi connectivity index (χ3v) is 8.53. The highest BCUT2D eigenvalue weighted by Crippen LogP contribution is 2.47. The normalized spacial score (nSPS) is 27.5. The summed E-state index contributed by atoms with van der Waals surface area (Å²) in [5.74, 6) is 1.12. The van der Waals surface area contributed by atoms with E-state index in [1.165, 1.54) is 36.6 Å². The monoisotopic (exact) mass is 479 g/mol. The summed E-state index contributed by atoms with van der Waals surface area (Å²) in [7, 11) is 0. The third kappa shape index (κ3) is 4.19. The summed E-state index contributed by atoms with van der Waals surface area (Å²) in [6, 6.07) is 6.22. The lowest BCUT2D eigenvalue weighted by molar-refractivity contribution is -0.139. The van der Waals surface area contributed by atoms with Gasteiger partial charge in [-0.3, -0.25) is 4.79 Å². The second kappa shape index (κ2) is 9.25. The van der Waals surface area contributed by atoms with Gasteiger partial charge >= 0.3 is 5.97 Å². The number of allylic oxidation sites excluding steroid dienone is 1. The summed E-state index contributed by atoms with van der Waals surface area (Å²) in [6.07, 6.45) is 5.19. The van der Waals surface area contributed by atoms with Gasteiger partial charge in [0.15, 0.2) is 5.17 Å². The SMILES string of the molecule is CCOC(=O)C1=C(C)N=C2SC=C(CC(=O)N[C@H]3C[C@H]4CC[C@H]3C4)N2[C@H]1c1ccc(C)cc1C. The molecule has 0 saturated heterocycles. The van der Waals surface area contributed by atoms with Gasteiger partial charge in [-0.2, -0.15) is 0 Å². The Bertz CT molecular complexity index is 1120. The second-order valence-corrected chi connectivity index (χ2v) is 10.8. The molecule has 2 aliphatic heterocycles. The number of nitrogens with zero attached hydrogens (tertiary/aromatic N) is 2. The van der Waals surface area contributed by atoms with Crippen molar-refractivity contribution in [3.8, 4) is 0 Å². The lowest BCUT2D eigenvalue weighted by atomic mass is 9.90. The standard InChI is InChI=1S/C27H33N3O3S/c1-5-33-26(32)24-17(4)28-27-30(25(24)21-9-6-15(2)10-16(21)3)20(14-34-27)13-23(31)29-22-12-18-7-8-19(22)11-18/h6,9-10,14,18-19,22,25H,5,7-8,11-13H2,1-4H3,(H,29,31)/t18-,19-,22-,25-/m0/s1. The quantitative estimate of drug-likeness (QED) is 0.573. The molecule has 0 unspecified atom stereocenters. The number of amides is 1. The summed E-state index contributed by atoms with van der Waals surface area (Å²) in [5, 5.41) is 6.12. The molecule has 4 aliphatic rings. The van der Waals surface area contributed by atoms with E-state index in [1.807, 2.05) is 19.3 Å². The number of ether oxygens (including phenoxy) is 1. The van der Waals surface area contributed by atoms with Crippen molar-refractivity contribution in [3.63, 3.8) is 0 Å². The van der Waals surface area contributed by atoms with Crippen LogP contribution >= 0.6 is 11.8 Å². The summed E-state index contributed by atoms with van der Waals surface area (Å²) >= 11 is 1.52. The molecule has 0 aromatic heterocycles. The molecule has 1 aromatic rings. The molecule has 180 valence electrons. The van der Waals surface area contributed by atoms with Gasteiger partial charge in [-0.15, -0.1) is 0 Å². The van der Waals surface area contributed by atoms with Crippen molar-refractivity contribution in [1.29, 1.82) is 0 Å². The van der Waals surface area contributed by atoms with Crippen molar-refractivity contribution < 1.29 is 14.3 Å². The molecule has 0 radical (unpaired) electrons. The molecule has 2 heterocycles. The van der Waals surface area contributed by atoms with E-state index in [2.05, 4.69) is 42.3 Å². The topological polar surface area (TPSA) is 71.0 Å². The van der Waals surface area contributed by atoms with E-state index in [4.69, 9.17) is 9.73 Å². The van der Waals surface area contributed by atoms with Gasteiger partial charge in [0.1, 0.15) is 0 Å². The fourth-order valence-electron chi connectivity index (χ4n) is 6.11. The van der Waals surface area contributed by atoms with Gasteiger partial charge in [-0.05, 0) is 75.3 Å². The number of thioether (sulfide) groups is 1. The Hall–Kier alpha value is -2.54. The summed E-state index contributed by atoms with van der Waals surface area (Å²) < 4.78 is 5.45. The van der Waals surface area contributed by atoms with E-state index in [-0.39, 0.29) is 24.3 Å². The zero-order chi connectivity index (χ0) is 24.0. The first-order valence-electron chi connectivity index (χ1n) is 12.3. The van der Waals surface area contributed by atoms with Crippen LogP contribution < -0.4 is 5.32 Å². The summed E-state index contributed by atoms with van der Waals surface area (Å²) in [6.45, 7) is 8.12. The predicted octanol–water partition coefficient (Wildman–Crippen LogP) is 5.14. The number of hydrogen-bond donors (Lipinski definition) is 1. The Morgan fingerprint density at radius 2 is 2.03 bits per heavy atom. The van der Waals surface area contributed by atoms with Gasteiger partial charge in [0.05, 0.1) is 30.3 Å². The summed E-state index contributed by atoms with van der Waals surface area (Å²) in [4.78, 5) is 33.0. The molecule has 1 amide bonds. The van der Waals surface area contributed by atoms with Gasteiger partial charge in [-0.1, -0.05) is 41.9 Å². The first kappa shape index (κ1) is 23.2. The Morgan fingerprint density at radius 1 is 1.21 bits per heavy atom. The van der Waals surface area contributed by atoms with Crippen LogP contribution in [0.2, 0.25) is 0 Å². The van der Waals surface area contributed by atoms with E-state index >= 15 is 0 Å². The Labute approximate surface area is 205 Å². The average Bonchev–Trinajstić information content (AvgIpc) is 3.49. The number of amidine groups is 1. The van der Waals surface area contributed by atoms with Gasteiger partial charge in [0, 0.05) is 11.7 Å². The molecule has 2 bridgehead atoms. The van der Waals surface area contributed by atoms with Crippen molar-refractivity contribution >= 4 is 28.8 Å². The summed E-state index contributed by atoms with van der Waals surface area (Å²) in [5.41, 5.74) is 5.39. The number of hydrogen-bond acceptors (Lipinski definition) is 6. The predicted molar refractivity (Wildman–Crippen MR) is 135 cm³/mol. The zero-order valence-electron chi connectivity index (χ0n) is 20.4. The Morgan fingerprint density at radius 3 is 2.71 bits per heavy atom. The van der Waals surface area contributed by atoms with Gasteiger partial charge in [0.25, 0.3) is 0 Å².